The number of carbonyl (C=O) groups is 2. The van der Waals surface area contributed by atoms with E-state index in [9.17, 15) is 9.59 Å². The first-order valence-corrected chi connectivity index (χ1v) is 6.98. The van der Waals surface area contributed by atoms with Gasteiger partial charge in [0.1, 0.15) is 11.6 Å². The van der Waals surface area contributed by atoms with Crippen molar-refractivity contribution < 1.29 is 14.3 Å². The van der Waals surface area contributed by atoms with Crippen molar-refractivity contribution in [2.45, 2.75) is 59.1 Å². The van der Waals surface area contributed by atoms with Crippen molar-refractivity contribution in [1.82, 2.24) is 4.90 Å². The van der Waals surface area contributed by atoms with Crippen LogP contribution in [0, 0.1) is 11.8 Å². The van der Waals surface area contributed by atoms with E-state index in [2.05, 4.69) is 0 Å². The number of ketones is 1. The summed E-state index contributed by atoms with van der Waals surface area (Å²) in [5, 5.41) is 0. The Balaban J connectivity index is 2.24. The van der Waals surface area contributed by atoms with Crippen molar-refractivity contribution in [3.63, 3.8) is 0 Å². The minimum absolute atomic E-state index is 0.0303. The largest absolute Gasteiger partial charge is 0.443 e. The van der Waals surface area contributed by atoms with Gasteiger partial charge in [-0.05, 0) is 45.4 Å². The summed E-state index contributed by atoms with van der Waals surface area (Å²) in [6.45, 7) is 9.45. The molecule has 0 aromatic rings. The minimum Gasteiger partial charge on any atom is -0.443 e. The summed E-state index contributed by atoms with van der Waals surface area (Å²) in [5.41, 5.74) is 0.316. The summed E-state index contributed by atoms with van der Waals surface area (Å²) < 4.78 is 5.45. The highest BCUT2D eigenvalue weighted by molar-refractivity contribution is 6.01. The molecular weight excluding hydrogens is 242 g/mol. The van der Waals surface area contributed by atoms with Gasteiger partial charge in [0.25, 0.3) is 0 Å². The molecule has 0 unspecified atom stereocenters. The Kier molecular flexibility index (Phi) is 3.45. The molecule has 1 aliphatic heterocycles. The predicted octanol–water partition coefficient (Wildman–Crippen LogP) is 3.12. The van der Waals surface area contributed by atoms with Gasteiger partial charge in [0.2, 0.25) is 0 Å². The van der Waals surface area contributed by atoms with E-state index in [0.717, 1.165) is 18.5 Å². The van der Waals surface area contributed by atoms with E-state index in [4.69, 9.17) is 4.74 Å². The van der Waals surface area contributed by atoms with E-state index in [-0.39, 0.29) is 11.7 Å². The number of allylic oxidation sites excluding steroid dienone is 1. The van der Waals surface area contributed by atoms with E-state index in [1.165, 1.54) is 0 Å². The van der Waals surface area contributed by atoms with Crippen LogP contribution in [-0.2, 0) is 9.53 Å². The van der Waals surface area contributed by atoms with E-state index in [0.29, 0.717) is 5.92 Å². The maximum Gasteiger partial charge on any atom is 0.415 e. The summed E-state index contributed by atoms with van der Waals surface area (Å²) >= 11 is 0. The van der Waals surface area contributed by atoms with Crippen molar-refractivity contribution in [3.8, 4) is 0 Å². The molecule has 1 fully saturated rings. The Morgan fingerprint density at radius 3 is 2.37 bits per heavy atom. The van der Waals surface area contributed by atoms with E-state index in [1.807, 2.05) is 34.6 Å². The fraction of sp³-hybridized carbons (Fsp3) is 0.733. The minimum atomic E-state index is -0.543. The highest BCUT2D eigenvalue weighted by atomic mass is 16.6. The number of nitrogens with zero attached hydrogens (tertiary/aromatic N) is 1. The quantitative estimate of drug-likeness (QED) is 0.770. The van der Waals surface area contributed by atoms with Crippen molar-refractivity contribution >= 4 is 11.9 Å². The van der Waals surface area contributed by atoms with Crippen LogP contribution in [0.15, 0.2) is 11.8 Å². The molecule has 4 heteroatoms. The first-order valence-electron chi connectivity index (χ1n) is 6.98. The highest BCUT2D eigenvalue weighted by Gasteiger charge is 2.45. The van der Waals surface area contributed by atoms with E-state index < -0.39 is 17.7 Å². The highest BCUT2D eigenvalue weighted by Crippen LogP contribution is 2.43. The molecule has 0 saturated heterocycles. The number of hydrogen-bond donors (Lipinski definition) is 0. The molecule has 1 amide bonds. The molecule has 4 nitrogen and oxygen atoms in total. The fourth-order valence-electron chi connectivity index (χ4n) is 2.44. The summed E-state index contributed by atoms with van der Waals surface area (Å²) in [6, 6.07) is -0.398. The predicted molar refractivity (Wildman–Crippen MR) is 72.5 cm³/mol. The molecule has 1 aliphatic carbocycles. The fourth-order valence-corrected chi connectivity index (χ4v) is 2.44. The third-order valence-electron chi connectivity index (χ3n) is 3.36. The lowest BCUT2D eigenvalue weighted by Crippen LogP contribution is -2.45. The zero-order valence-electron chi connectivity index (χ0n) is 12.4. The van der Waals surface area contributed by atoms with Crippen LogP contribution in [0.4, 0.5) is 4.79 Å². The maximum atomic E-state index is 12.4. The van der Waals surface area contributed by atoms with Crippen LogP contribution in [0.3, 0.4) is 0 Å². The molecule has 19 heavy (non-hydrogen) atoms. The van der Waals surface area contributed by atoms with Gasteiger partial charge < -0.3 is 4.74 Å². The molecule has 0 N–H and O–H groups in total. The average Bonchev–Trinajstić information content (AvgIpc) is 2.98. The van der Waals surface area contributed by atoms with Crippen LogP contribution < -0.4 is 0 Å². The second-order valence-electron chi connectivity index (χ2n) is 6.79. The second-order valence-corrected chi connectivity index (χ2v) is 6.79. The number of ether oxygens (including phenoxy) is 1. The van der Waals surface area contributed by atoms with Gasteiger partial charge >= 0.3 is 6.09 Å². The first-order chi connectivity index (χ1) is 8.70. The van der Waals surface area contributed by atoms with Crippen molar-refractivity contribution in [2.75, 3.05) is 0 Å². The van der Waals surface area contributed by atoms with Gasteiger partial charge in [0.05, 0.1) is 0 Å². The lowest BCUT2D eigenvalue weighted by atomic mass is 10.0. The topological polar surface area (TPSA) is 46.6 Å². The molecule has 0 aromatic heterocycles. The average molecular weight is 265 g/mol. The normalized spacial score (nSPS) is 23.9. The Morgan fingerprint density at radius 1 is 1.37 bits per heavy atom. The van der Waals surface area contributed by atoms with Gasteiger partial charge in [0.15, 0.2) is 5.78 Å². The number of amides is 1. The van der Waals surface area contributed by atoms with Crippen molar-refractivity contribution in [3.05, 3.63) is 11.8 Å². The standard InChI is InChI=1S/C15H23NO3/c1-9(2)13-12(17)8-11(10-6-7-10)16(13)14(18)19-15(3,4)5/h8-10,13H,6-7H2,1-5H3/t13-/m0/s1. The van der Waals surface area contributed by atoms with Crippen molar-refractivity contribution in [2.24, 2.45) is 11.8 Å². The lowest BCUT2D eigenvalue weighted by Gasteiger charge is -2.31. The zero-order chi connectivity index (χ0) is 14.4. The van der Waals surface area contributed by atoms with Crippen LogP contribution in [-0.4, -0.2) is 28.4 Å². The molecule has 2 rings (SSSR count). The smallest absolute Gasteiger partial charge is 0.415 e. The van der Waals surface area contributed by atoms with Crippen LogP contribution in [0.1, 0.15) is 47.5 Å². The lowest BCUT2D eigenvalue weighted by molar-refractivity contribution is -0.118. The van der Waals surface area contributed by atoms with Gasteiger partial charge in [0, 0.05) is 11.8 Å². The summed E-state index contributed by atoms with van der Waals surface area (Å²) in [4.78, 5) is 26.1. The number of hydrogen-bond acceptors (Lipinski definition) is 3. The van der Waals surface area contributed by atoms with Crippen LogP contribution in [0.25, 0.3) is 0 Å². The molecule has 1 atom stereocenters. The third-order valence-corrected chi connectivity index (χ3v) is 3.36. The number of rotatable bonds is 2. The van der Waals surface area contributed by atoms with E-state index >= 15 is 0 Å². The van der Waals surface area contributed by atoms with Gasteiger partial charge in [-0.15, -0.1) is 0 Å². The Labute approximate surface area is 114 Å². The van der Waals surface area contributed by atoms with Crippen LogP contribution >= 0.6 is 0 Å². The molecular formula is C15H23NO3. The summed E-state index contributed by atoms with van der Waals surface area (Å²) in [5.74, 6) is 0.482. The first kappa shape index (κ1) is 14.1. The molecule has 1 heterocycles. The van der Waals surface area contributed by atoms with Crippen LogP contribution in [0.2, 0.25) is 0 Å². The third kappa shape index (κ3) is 2.99. The van der Waals surface area contributed by atoms with Crippen LogP contribution in [0.5, 0.6) is 0 Å². The van der Waals surface area contributed by atoms with Gasteiger partial charge in [-0.25, -0.2) is 4.79 Å². The SMILES string of the molecule is CC(C)[C@H]1C(=O)C=C(C2CC2)N1C(=O)OC(C)(C)C. The zero-order valence-corrected chi connectivity index (χ0v) is 12.4. The summed E-state index contributed by atoms with van der Waals surface area (Å²) in [7, 11) is 0. The molecule has 1 saturated carbocycles. The number of carbonyl (C=O) groups excluding carboxylic acids is 2. The Morgan fingerprint density at radius 2 is 1.95 bits per heavy atom. The van der Waals surface area contributed by atoms with Crippen molar-refractivity contribution in [1.29, 1.82) is 0 Å². The van der Waals surface area contributed by atoms with Gasteiger partial charge in [-0.1, -0.05) is 13.8 Å². The molecule has 0 spiro atoms. The Hall–Kier alpha value is -1.32. The van der Waals surface area contributed by atoms with Gasteiger partial charge in [-0.2, -0.15) is 0 Å². The molecule has 2 aliphatic rings. The molecule has 106 valence electrons. The van der Waals surface area contributed by atoms with E-state index in [1.54, 1.807) is 11.0 Å². The molecule has 0 aromatic carbocycles. The molecule has 0 radical (unpaired) electrons. The van der Waals surface area contributed by atoms with Gasteiger partial charge in [-0.3, -0.25) is 9.69 Å². The second kappa shape index (κ2) is 4.66. The Bertz CT molecular complexity index is 427. The molecule has 0 bridgehead atoms. The maximum absolute atomic E-state index is 12.4. The summed E-state index contributed by atoms with van der Waals surface area (Å²) in [6.07, 6.45) is 3.37. The monoisotopic (exact) mass is 265 g/mol.